The molecule has 0 saturated heterocycles. The van der Waals surface area contributed by atoms with Crippen molar-refractivity contribution >= 4 is 5.70 Å². The normalized spacial score (nSPS) is 13.6. The maximum absolute atomic E-state index is 4.70. The Morgan fingerprint density at radius 2 is 1.55 bits per heavy atom. The third kappa shape index (κ3) is 5.55. The van der Waals surface area contributed by atoms with Gasteiger partial charge in [-0.1, -0.05) is 112 Å². The topological polar surface area (TPSA) is 16.1 Å². The zero-order valence-corrected chi connectivity index (χ0v) is 22.9. The third-order valence-corrected chi connectivity index (χ3v) is 7.19. The Labute approximate surface area is 227 Å². The molecule has 0 fully saturated rings. The first-order valence-electron chi connectivity index (χ1n) is 13.3. The molecule has 0 saturated carbocycles. The van der Waals surface area contributed by atoms with Crippen molar-refractivity contribution in [3.8, 4) is 22.4 Å². The molecule has 0 unspecified atom stereocenters. The van der Waals surface area contributed by atoms with E-state index >= 15 is 0 Å². The first-order chi connectivity index (χ1) is 18.3. The van der Waals surface area contributed by atoms with E-state index in [2.05, 4.69) is 142 Å². The molecule has 2 heterocycles. The summed E-state index contributed by atoms with van der Waals surface area (Å²) in [6.45, 7) is 14.3. The smallest absolute Gasteiger partial charge is 0.0705 e. The minimum absolute atomic E-state index is 0.0689. The summed E-state index contributed by atoms with van der Waals surface area (Å²) >= 11 is 0. The molecular formula is C36H36N2. The molecule has 4 aromatic rings. The average Bonchev–Trinajstić information content (AvgIpc) is 2.93. The highest BCUT2D eigenvalue weighted by atomic mass is 15.1. The molecule has 38 heavy (non-hydrogen) atoms. The van der Waals surface area contributed by atoms with Crippen LogP contribution in [-0.2, 0) is 6.42 Å². The van der Waals surface area contributed by atoms with Crippen LogP contribution in [0.2, 0.25) is 0 Å². The van der Waals surface area contributed by atoms with Gasteiger partial charge in [0.15, 0.2) is 0 Å². The van der Waals surface area contributed by atoms with Crippen molar-refractivity contribution in [1.82, 2.24) is 9.88 Å². The Balaban J connectivity index is 1.50. The lowest BCUT2D eigenvalue weighted by atomic mass is 9.83. The van der Waals surface area contributed by atoms with E-state index in [9.17, 15) is 0 Å². The molecule has 0 atom stereocenters. The fourth-order valence-corrected chi connectivity index (χ4v) is 4.99. The Bertz CT molecular complexity index is 1500. The van der Waals surface area contributed by atoms with Crippen molar-refractivity contribution in [2.24, 2.45) is 5.41 Å². The van der Waals surface area contributed by atoms with Gasteiger partial charge in [-0.05, 0) is 63.9 Å². The second-order valence-electron chi connectivity index (χ2n) is 11.1. The lowest BCUT2D eigenvalue weighted by molar-refractivity contribution is 0.480. The standard InChI is InChI=1S/C36H36N2/c1-26-18-19-34(37-25-26)33-17-10-9-14-30(33)22-27(2)38-21-20-32(36(3,4)5)24-35(38)31-16-11-15-29(23-31)28-12-7-6-8-13-28/h6-20,23-25H,2,21-22H2,1,3-5H3. The molecule has 5 rings (SSSR count). The van der Waals surface area contributed by atoms with Gasteiger partial charge in [-0.2, -0.15) is 0 Å². The molecule has 0 bridgehead atoms. The zero-order chi connectivity index (χ0) is 26.7. The van der Waals surface area contributed by atoms with Gasteiger partial charge in [0.25, 0.3) is 0 Å². The molecule has 1 aliphatic rings. The number of allylic oxidation sites excluding steroid dienone is 3. The van der Waals surface area contributed by atoms with Crippen LogP contribution >= 0.6 is 0 Å². The highest BCUT2D eigenvalue weighted by Gasteiger charge is 2.24. The van der Waals surface area contributed by atoms with Crippen LogP contribution < -0.4 is 0 Å². The molecular weight excluding hydrogens is 460 g/mol. The number of hydrogen-bond acceptors (Lipinski definition) is 2. The van der Waals surface area contributed by atoms with Crippen molar-refractivity contribution in [2.45, 2.75) is 34.1 Å². The van der Waals surface area contributed by atoms with Gasteiger partial charge in [-0.25, -0.2) is 0 Å². The highest BCUT2D eigenvalue weighted by molar-refractivity contribution is 5.75. The van der Waals surface area contributed by atoms with Crippen LogP contribution in [0.5, 0.6) is 0 Å². The van der Waals surface area contributed by atoms with Gasteiger partial charge in [0, 0.05) is 36.1 Å². The second kappa shape index (κ2) is 10.7. The first-order valence-corrected chi connectivity index (χ1v) is 13.3. The summed E-state index contributed by atoms with van der Waals surface area (Å²) in [5, 5.41) is 0. The van der Waals surface area contributed by atoms with Gasteiger partial charge in [-0.15, -0.1) is 0 Å². The van der Waals surface area contributed by atoms with Crippen LogP contribution in [0.15, 0.2) is 127 Å². The number of nitrogens with zero attached hydrogens (tertiary/aromatic N) is 2. The maximum atomic E-state index is 4.70. The van der Waals surface area contributed by atoms with E-state index in [0.29, 0.717) is 0 Å². The van der Waals surface area contributed by atoms with Crippen molar-refractivity contribution < 1.29 is 0 Å². The third-order valence-electron chi connectivity index (χ3n) is 7.19. The minimum atomic E-state index is 0.0689. The summed E-state index contributed by atoms with van der Waals surface area (Å²) in [6, 6.07) is 32.2. The quantitative estimate of drug-likeness (QED) is 0.265. The van der Waals surface area contributed by atoms with Gasteiger partial charge < -0.3 is 4.90 Å². The molecule has 0 spiro atoms. The maximum Gasteiger partial charge on any atom is 0.0705 e. The van der Waals surface area contributed by atoms with Gasteiger partial charge in [0.05, 0.1) is 5.69 Å². The van der Waals surface area contributed by atoms with Crippen molar-refractivity contribution in [3.63, 3.8) is 0 Å². The lowest BCUT2D eigenvalue weighted by Gasteiger charge is -2.35. The molecule has 190 valence electrons. The van der Waals surface area contributed by atoms with Gasteiger partial charge in [-0.3, -0.25) is 4.98 Å². The average molecular weight is 497 g/mol. The van der Waals surface area contributed by atoms with E-state index < -0.39 is 0 Å². The number of pyridine rings is 1. The van der Waals surface area contributed by atoms with Crippen LogP contribution in [0.25, 0.3) is 28.1 Å². The SMILES string of the molecule is C=C(Cc1ccccc1-c1ccc(C)cn1)N1CC=C(C(C)(C)C)C=C1c1cccc(-c2ccccc2)c1. The van der Waals surface area contributed by atoms with Gasteiger partial charge in [0.2, 0.25) is 0 Å². The van der Waals surface area contributed by atoms with E-state index in [-0.39, 0.29) is 5.41 Å². The molecule has 1 aliphatic heterocycles. The summed E-state index contributed by atoms with van der Waals surface area (Å²) in [6.07, 6.45) is 7.39. The Morgan fingerprint density at radius 1 is 0.842 bits per heavy atom. The Morgan fingerprint density at radius 3 is 2.29 bits per heavy atom. The van der Waals surface area contributed by atoms with Gasteiger partial charge in [0.1, 0.15) is 0 Å². The predicted molar refractivity (Wildman–Crippen MR) is 161 cm³/mol. The summed E-state index contributed by atoms with van der Waals surface area (Å²) in [5.74, 6) is 0. The first kappa shape index (κ1) is 25.5. The van der Waals surface area contributed by atoms with Crippen molar-refractivity contribution in [3.05, 3.63) is 144 Å². The van der Waals surface area contributed by atoms with Crippen molar-refractivity contribution in [2.75, 3.05) is 6.54 Å². The Kier molecular flexibility index (Phi) is 7.15. The van der Waals surface area contributed by atoms with E-state index in [1.807, 2.05) is 6.20 Å². The number of rotatable bonds is 6. The molecule has 0 N–H and O–H groups in total. The highest BCUT2D eigenvalue weighted by Crippen LogP contribution is 2.37. The van der Waals surface area contributed by atoms with E-state index in [1.165, 1.54) is 33.5 Å². The molecule has 2 heteroatoms. The van der Waals surface area contributed by atoms with Gasteiger partial charge >= 0.3 is 0 Å². The van der Waals surface area contributed by atoms with E-state index in [4.69, 9.17) is 4.98 Å². The van der Waals surface area contributed by atoms with Crippen LogP contribution in [0, 0.1) is 12.3 Å². The fourth-order valence-electron chi connectivity index (χ4n) is 4.99. The summed E-state index contributed by atoms with van der Waals surface area (Å²) in [5.41, 5.74) is 11.9. The molecule has 0 radical (unpaired) electrons. The van der Waals surface area contributed by atoms with Crippen molar-refractivity contribution in [1.29, 1.82) is 0 Å². The van der Waals surface area contributed by atoms with Crippen LogP contribution in [0.3, 0.4) is 0 Å². The van der Waals surface area contributed by atoms with Crippen LogP contribution in [0.4, 0.5) is 0 Å². The zero-order valence-electron chi connectivity index (χ0n) is 22.9. The molecule has 0 amide bonds. The fraction of sp³-hybridized carbons (Fsp3) is 0.194. The van der Waals surface area contributed by atoms with Crippen LogP contribution in [0.1, 0.15) is 37.5 Å². The number of hydrogen-bond donors (Lipinski definition) is 0. The molecule has 0 aliphatic carbocycles. The molecule has 2 nitrogen and oxygen atoms in total. The van der Waals surface area contributed by atoms with E-state index in [1.54, 1.807) is 0 Å². The monoisotopic (exact) mass is 496 g/mol. The predicted octanol–water partition coefficient (Wildman–Crippen LogP) is 9.11. The largest absolute Gasteiger partial charge is 0.341 e. The summed E-state index contributed by atoms with van der Waals surface area (Å²) in [7, 11) is 0. The minimum Gasteiger partial charge on any atom is -0.341 e. The van der Waals surface area contributed by atoms with E-state index in [0.717, 1.165) is 35.5 Å². The second-order valence-corrected chi connectivity index (χ2v) is 11.1. The van der Waals surface area contributed by atoms with Crippen LogP contribution in [-0.4, -0.2) is 16.4 Å². The molecule has 1 aromatic heterocycles. The number of benzene rings is 3. The Hall–Kier alpha value is -4.17. The summed E-state index contributed by atoms with van der Waals surface area (Å²) in [4.78, 5) is 7.08. The lowest BCUT2D eigenvalue weighted by Crippen LogP contribution is -2.27. The number of aromatic nitrogens is 1. The summed E-state index contributed by atoms with van der Waals surface area (Å²) < 4.78 is 0. The molecule has 3 aromatic carbocycles. The number of aryl methyl sites for hydroxylation is 1.